The molecule has 18 heavy (non-hydrogen) atoms. The Morgan fingerprint density at radius 1 is 1.33 bits per heavy atom. The predicted molar refractivity (Wildman–Crippen MR) is 69.7 cm³/mol. The van der Waals surface area contributed by atoms with Crippen molar-refractivity contribution >= 4 is 12.0 Å². The van der Waals surface area contributed by atoms with Crippen LogP contribution in [-0.4, -0.2) is 19.7 Å². The molecule has 0 radical (unpaired) electrons. The highest BCUT2D eigenvalue weighted by atomic mass is 16.5. The van der Waals surface area contributed by atoms with Crippen LogP contribution in [0.25, 0.3) is 6.08 Å². The zero-order chi connectivity index (χ0) is 12.8. The standard InChI is InChI=1S/C15H16O3/c1-17-15(16)13(14-9-5-6-10-18-14)11-12-7-3-2-4-8-12/h2-4,7-9,11H,5-6,10H2,1H3/b13-11+. The van der Waals surface area contributed by atoms with Gasteiger partial charge in [-0.3, -0.25) is 0 Å². The Bertz CT molecular complexity index is 472. The van der Waals surface area contributed by atoms with Crippen LogP contribution in [-0.2, 0) is 14.3 Å². The van der Waals surface area contributed by atoms with Crippen molar-refractivity contribution in [2.45, 2.75) is 12.8 Å². The second kappa shape index (κ2) is 6.05. The lowest BCUT2D eigenvalue weighted by Gasteiger charge is -2.16. The van der Waals surface area contributed by atoms with Gasteiger partial charge < -0.3 is 9.47 Å². The number of methoxy groups -OCH3 is 1. The number of esters is 1. The van der Waals surface area contributed by atoms with Gasteiger partial charge in [-0.05, 0) is 30.6 Å². The summed E-state index contributed by atoms with van der Waals surface area (Å²) in [5.41, 5.74) is 1.43. The summed E-state index contributed by atoms with van der Waals surface area (Å²) < 4.78 is 10.3. The lowest BCUT2D eigenvalue weighted by atomic mass is 10.1. The van der Waals surface area contributed by atoms with Crippen LogP contribution in [0, 0.1) is 0 Å². The highest BCUT2D eigenvalue weighted by Gasteiger charge is 2.18. The molecule has 0 atom stereocenters. The molecule has 0 fully saturated rings. The summed E-state index contributed by atoms with van der Waals surface area (Å²) in [5.74, 6) is 0.254. The third kappa shape index (κ3) is 3.00. The van der Waals surface area contributed by atoms with Crippen LogP contribution < -0.4 is 0 Å². The van der Waals surface area contributed by atoms with Gasteiger partial charge in [-0.15, -0.1) is 0 Å². The summed E-state index contributed by atoms with van der Waals surface area (Å²) in [5, 5.41) is 0. The molecule has 1 aliphatic rings. The fourth-order valence-electron chi connectivity index (χ4n) is 1.80. The van der Waals surface area contributed by atoms with Crippen LogP contribution in [0.15, 0.2) is 47.7 Å². The summed E-state index contributed by atoms with van der Waals surface area (Å²) in [6.07, 6.45) is 5.65. The minimum absolute atomic E-state index is 0.369. The van der Waals surface area contributed by atoms with Crippen molar-refractivity contribution in [2.75, 3.05) is 13.7 Å². The van der Waals surface area contributed by atoms with Crippen molar-refractivity contribution in [1.29, 1.82) is 0 Å². The van der Waals surface area contributed by atoms with Crippen molar-refractivity contribution < 1.29 is 14.3 Å². The molecule has 0 saturated heterocycles. The van der Waals surface area contributed by atoms with Gasteiger partial charge in [0.2, 0.25) is 0 Å². The highest BCUT2D eigenvalue weighted by molar-refractivity contribution is 5.97. The van der Waals surface area contributed by atoms with Gasteiger partial charge in [0.15, 0.2) is 0 Å². The highest BCUT2D eigenvalue weighted by Crippen LogP contribution is 2.21. The van der Waals surface area contributed by atoms with Crippen LogP contribution in [0.2, 0.25) is 0 Å². The van der Waals surface area contributed by atoms with Gasteiger partial charge in [0, 0.05) is 0 Å². The number of hydrogen-bond donors (Lipinski definition) is 0. The average Bonchev–Trinajstić information content (AvgIpc) is 2.46. The maximum atomic E-state index is 11.8. The molecule has 0 bridgehead atoms. The zero-order valence-electron chi connectivity index (χ0n) is 10.4. The zero-order valence-corrected chi connectivity index (χ0v) is 10.4. The third-order valence-corrected chi connectivity index (χ3v) is 2.72. The summed E-state index contributed by atoms with van der Waals surface area (Å²) in [6, 6.07) is 9.66. The first-order valence-electron chi connectivity index (χ1n) is 5.99. The molecular formula is C15H16O3. The fraction of sp³-hybridized carbons (Fsp3) is 0.267. The van der Waals surface area contributed by atoms with Crippen molar-refractivity contribution in [3.05, 3.63) is 53.3 Å². The average molecular weight is 244 g/mol. The summed E-state index contributed by atoms with van der Waals surface area (Å²) in [7, 11) is 1.38. The van der Waals surface area contributed by atoms with Gasteiger partial charge in [0.1, 0.15) is 11.3 Å². The number of hydrogen-bond acceptors (Lipinski definition) is 3. The van der Waals surface area contributed by atoms with E-state index in [0.29, 0.717) is 17.9 Å². The van der Waals surface area contributed by atoms with E-state index in [1.54, 1.807) is 6.08 Å². The lowest BCUT2D eigenvalue weighted by molar-refractivity contribution is -0.136. The molecular weight excluding hydrogens is 228 g/mol. The molecule has 1 aliphatic heterocycles. The molecule has 0 saturated carbocycles. The minimum Gasteiger partial charge on any atom is -0.493 e. The smallest absolute Gasteiger partial charge is 0.341 e. The Morgan fingerprint density at radius 2 is 2.11 bits per heavy atom. The molecule has 0 spiro atoms. The molecule has 0 amide bonds. The van der Waals surface area contributed by atoms with E-state index in [0.717, 1.165) is 18.4 Å². The molecule has 1 heterocycles. The molecule has 0 aliphatic carbocycles. The van der Waals surface area contributed by atoms with Crippen LogP contribution in [0.4, 0.5) is 0 Å². The number of ether oxygens (including phenoxy) is 2. The number of carbonyl (C=O) groups excluding carboxylic acids is 1. The third-order valence-electron chi connectivity index (χ3n) is 2.72. The summed E-state index contributed by atoms with van der Waals surface area (Å²) >= 11 is 0. The molecule has 1 aromatic rings. The lowest BCUT2D eigenvalue weighted by Crippen LogP contribution is -2.12. The quantitative estimate of drug-likeness (QED) is 0.605. The van der Waals surface area contributed by atoms with Gasteiger partial charge >= 0.3 is 5.97 Å². The number of rotatable bonds is 3. The Labute approximate surface area is 107 Å². The van der Waals surface area contributed by atoms with Crippen molar-refractivity contribution in [3.63, 3.8) is 0 Å². The van der Waals surface area contributed by atoms with Gasteiger partial charge in [-0.1, -0.05) is 30.3 Å². The Kier molecular flexibility index (Phi) is 4.18. The predicted octanol–water partition coefficient (Wildman–Crippen LogP) is 2.94. The van der Waals surface area contributed by atoms with Crippen molar-refractivity contribution in [2.24, 2.45) is 0 Å². The summed E-state index contributed by atoms with van der Waals surface area (Å²) in [6.45, 7) is 0.648. The normalized spacial score (nSPS) is 15.6. The SMILES string of the molecule is COC(=O)/C(=C/c1ccccc1)C1=CCCCO1. The summed E-state index contributed by atoms with van der Waals surface area (Å²) in [4.78, 5) is 11.8. The monoisotopic (exact) mass is 244 g/mol. The van der Waals surface area contributed by atoms with E-state index in [9.17, 15) is 4.79 Å². The van der Waals surface area contributed by atoms with Crippen LogP contribution in [0.5, 0.6) is 0 Å². The molecule has 3 heteroatoms. The number of allylic oxidation sites excluding steroid dienone is 1. The number of benzene rings is 1. The van der Waals surface area contributed by atoms with E-state index in [4.69, 9.17) is 9.47 Å². The largest absolute Gasteiger partial charge is 0.493 e. The first kappa shape index (κ1) is 12.4. The van der Waals surface area contributed by atoms with E-state index in [-0.39, 0.29) is 5.97 Å². The maximum absolute atomic E-state index is 11.8. The first-order valence-corrected chi connectivity index (χ1v) is 5.99. The molecule has 0 N–H and O–H groups in total. The fourth-order valence-corrected chi connectivity index (χ4v) is 1.80. The van der Waals surface area contributed by atoms with Gasteiger partial charge in [-0.25, -0.2) is 4.79 Å². The van der Waals surface area contributed by atoms with Crippen LogP contribution in [0.1, 0.15) is 18.4 Å². The molecule has 2 rings (SSSR count). The van der Waals surface area contributed by atoms with Gasteiger partial charge in [-0.2, -0.15) is 0 Å². The van der Waals surface area contributed by atoms with Crippen LogP contribution >= 0.6 is 0 Å². The molecule has 0 aromatic heterocycles. The van der Waals surface area contributed by atoms with E-state index < -0.39 is 0 Å². The van der Waals surface area contributed by atoms with E-state index in [1.165, 1.54) is 7.11 Å². The Morgan fingerprint density at radius 3 is 2.72 bits per heavy atom. The molecule has 0 unspecified atom stereocenters. The molecule has 3 nitrogen and oxygen atoms in total. The molecule has 1 aromatic carbocycles. The Balaban J connectivity index is 2.33. The van der Waals surface area contributed by atoms with Crippen molar-refractivity contribution in [3.8, 4) is 0 Å². The maximum Gasteiger partial charge on any atom is 0.341 e. The van der Waals surface area contributed by atoms with E-state index >= 15 is 0 Å². The second-order valence-corrected chi connectivity index (χ2v) is 4.02. The van der Waals surface area contributed by atoms with Crippen molar-refractivity contribution in [1.82, 2.24) is 0 Å². The number of carbonyl (C=O) groups is 1. The Hall–Kier alpha value is -2.03. The van der Waals surface area contributed by atoms with Crippen LogP contribution in [0.3, 0.4) is 0 Å². The van der Waals surface area contributed by atoms with E-state index in [2.05, 4.69) is 0 Å². The van der Waals surface area contributed by atoms with Gasteiger partial charge in [0.25, 0.3) is 0 Å². The minimum atomic E-state index is -0.369. The second-order valence-electron chi connectivity index (χ2n) is 4.02. The van der Waals surface area contributed by atoms with E-state index in [1.807, 2.05) is 36.4 Å². The first-order chi connectivity index (χ1) is 8.81. The molecule has 94 valence electrons. The topological polar surface area (TPSA) is 35.5 Å². The van der Waals surface area contributed by atoms with Gasteiger partial charge in [0.05, 0.1) is 13.7 Å².